The van der Waals surface area contributed by atoms with Gasteiger partial charge in [-0.3, -0.25) is 0 Å². The molecule has 2 aromatic heterocycles. The van der Waals surface area contributed by atoms with Gasteiger partial charge in [0.05, 0.1) is 25.4 Å². The standard InChI is InChI=1S/C27H26ClN5O3/c1-35-23-13-21-22(14-24(23)36-2)30-16-31-26(21)18-9-11-33(12-10-18)27(34)32-20-6-3-17(4-7-20)19-5-8-25(28)29-15-19/h3-8,13-16,18H,9-12H2,1-2H3,(H,32,34). The van der Waals surface area contributed by atoms with Crippen molar-refractivity contribution in [1.82, 2.24) is 19.9 Å². The normalized spacial score (nSPS) is 14.0. The van der Waals surface area contributed by atoms with E-state index in [1.807, 2.05) is 47.4 Å². The molecule has 36 heavy (non-hydrogen) atoms. The zero-order valence-electron chi connectivity index (χ0n) is 20.1. The predicted octanol–water partition coefficient (Wildman–Crippen LogP) is 5.77. The Morgan fingerprint density at radius 2 is 1.64 bits per heavy atom. The van der Waals surface area contributed by atoms with Crippen LogP contribution in [-0.2, 0) is 0 Å². The summed E-state index contributed by atoms with van der Waals surface area (Å²) in [5.41, 5.74) is 4.51. The lowest BCUT2D eigenvalue weighted by Gasteiger charge is -2.32. The summed E-state index contributed by atoms with van der Waals surface area (Å²) in [6.45, 7) is 1.29. The molecule has 1 N–H and O–H groups in total. The molecule has 1 saturated heterocycles. The smallest absolute Gasteiger partial charge is 0.321 e. The quantitative estimate of drug-likeness (QED) is 0.347. The highest BCUT2D eigenvalue weighted by molar-refractivity contribution is 6.29. The summed E-state index contributed by atoms with van der Waals surface area (Å²) in [6.07, 6.45) is 4.95. The summed E-state index contributed by atoms with van der Waals surface area (Å²) in [7, 11) is 3.23. The highest BCUT2D eigenvalue weighted by atomic mass is 35.5. The highest BCUT2D eigenvalue weighted by Gasteiger charge is 2.26. The summed E-state index contributed by atoms with van der Waals surface area (Å²) in [5, 5.41) is 4.42. The summed E-state index contributed by atoms with van der Waals surface area (Å²) >= 11 is 5.87. The molecule has 0 aliphatic carbocycles. The number of nitrogens with one attached hydrogen (secondary N) is 1. The number of nitrogens with zero attached hydrogens (tertiary/aromatic N) is 4. The third-order valence-electron chi connectivity index (χ3n) is 6.54. The molecule has 4 aromatic rings. The van der Waals surface area contributed by atoms with Crippen LogP contribution in [0.15, 0.2) is 61.1 Å². The van der Waals surface area contributed by atoms with Gasteiger partial charge < -0.3 is 19.7 Å². The van der Waals surface area contributed by atoms with E-state index < -0.39 is 0 Å². The van der Waals surface area contributed by atoms with Gasteiger partial charge >= 0.3 is 6.03 Å². The first kappa shape index (κ1) is 23.8. The lowest BCUT2D eigenvalue weighted by atomic mass is 9.91. The number of pyridine rings is 1. The third kappa shape index (κ3) is 4.90. The van der Waals surface area contributed by atoms with Crippen LogP contribution in [0.5, 0.6) is 11.5 Å². The van der Waals surface area contributed by atoms with Crippen LogP contribution in [-0.4, -0.2) is 53.2 Å². The van der Waals surface area contributed by atoms with Gasteiger partial charge in [-0.1, -0.05) is 23.7 Å². The largest absolute Gasteiger partial charge is 0.493 e. The molecule has 0 saturated carbocycles. The van der Waals surface area contributed by atoms with Gasteiger partial charge in [0.15, 0.2) is 11.5 Å². The fraction of sp³-hybridized carbons (Fsp3) is 0.259. The number of hydrogen-bond donors (Lipinski definition) is 1. The molecule has 3 heterocycles. The number of carbonyl (C=O) groups excluding carboxylic acids is 1. The molecule has 9 heteroatoms. The van der Waals surface area contributed by atoms with Gasteiger partial charge in [0.2, 0.25) is 0 Å². The minimum Gasteiger partial charge on any atom is -0.493 e. The number of fused-ring (bicyclic) bond motifs is 1. The number of methoxy groups -OCH3 is 2. The van der Waals surface area contributed by atoms with Crippen molar-refractivity contribution < 1.29 is 14.3 Å². The van der Waals surface area contributed by atoms with E-state index in [-0.39, 0.29) is 11.9 Å². The van der Waals surface area contributed by atoms with Gasteiger partial charge in [0.25, 0.3) is 0 Å². The number of ether oxygens (including phenoxy) is 2. The Labute approximate surface area is 214 Å². The van der Waals surface area contributed by atoms with Crippen molar-refractivity contribution >= 4 is 34.2 Å². The topological polar surface area (TPSA) is 89.5 Å². The van der Waals surface area contributed by atoms with E-state index in [9.17, 15) is 4.79 Å². The van der Waals surface area contributed by atoms with Crippen molar-refractivity contribution in [3.8, 4) is 22.6 Å². The number of hydrogen-bond acceptors (Lipinski definition) is 6. The monoisotopic (exact) mass is 503 g/mol. The number of amides is 2. The van der Waals surface area contributed by atoms with E-state index in [4.69, 9.17) is 21.1 Å². The average Bonchev–Trinajstić information content (AvgIpc) is 2.93. The predicted molar refractivity (Wildman–Crippen MR) is 140 cm³/mol. The molecule has 0 atom stereocenters. The van der Waals surface area contributed by atoms with Gasteiger partial charge in [0, 0.05) is 47.9 Å². The summed E-state index contributed by atoms with van der Waals surface area (Å²) < 4.78 is 10.9. The highest BCUT2D eigenvalue weighted by Crippen LogP contribution is 2.36. The van der Waals surface area contributed by atoms with E-state index in [2.05, 4.69) is 20.3 Å². The fourth-order valence-electron chi connectivity index (χ4n) is 4.58. The van der Waals surface area contributed by atoms with Crippen LogP contribution >= 0.6 is 11.6 Å². The molecule has 2 aromatic carbocycles. The minimum absolute atomic E-state index is 0.103. The SMILES string of the molecule is COc1cc2ncnc(C3CCN(C(=O)Nc4ccc(-c5ccc(Cl)nc5)cc4)CC3)c2cc1OC. The number of rotatable bonds is 5. The molecule has 0 unspecified atom stereocenters. The maximum absolute atomic E-state index is 12.9. The Morgan fingerprint density at radius 3 is 2.31 bits per heavy atom. The third-order valence-corrected chi connectivity index (χ3v) is 6.76. The molecule has 1 aliphatic rings. The number of urea groups is 1. The molecule has 0 spiro atoms. The zero-order chi connectivity index (χ0) is 25.1. The molecule has 5 rings (SSSR count). The molecule has 1 fully saturated rings. The number of carbonyl (C=O) groups is 1. The van der Waals surface area contributed by atoms with Gasteiger partial charge in [-0.2, -0.15) is 0 Å². The van der Waals surface area contributed by atoms with Crippen LogP contribution in [0, 0.1) is 0 Å². The lowest BCUT2D eigenvalue weighted by molar-refractivity contribution is 0.194. The molecular formula is C27H26ClN5O3. The van der Waals surface area contributed by atoms with Crippen molar-refractivity contribution in [3.05, 3.63) is 71.9 Å². The summed E-state index contributed by atoms with van der Waals surface area (Å²) in [5.74, 6) is 1.51. The van der Waals surface area contributed by atoms with Crippen LogP contribution in [0.3, 0.4) is 0 Å². The number of halogens is 1. The van der Waals surface area contributed by atoms with Crippen LogP contribution in [0.25, 0.3) is 22.0 Å². The van der Waals surface area contributed by atoms with E-state index in [0.29, 0.717) is 29.7 Å². The molecule has 0 bridgehead atoms. The molecule has 0 radical (unpaired) electrons. The maximum atomic E-state index is 12.9. The Bertz CT molecular complexity index is 1370. The Hall–Kier alpha value is -3.91. The number of piperidine rings is 1. The fourth-order valence-corrected chi connectivity index (χ4v) is 4.69. The molecule has 1 aliphatic heterocycles. The van der Waals surface area contributed by atoms with Gasteiger partial charge in [0.1, 0.15) is 11.5 Å². The second-order valence-electron chi connectivity index (χ2n) is 8.62. The first-order valence-corrected chi connectivity index (χ1v) is 12.1. The summed E-state index contributed by atoms with van der Waals surface area (Å²) in [4.78, 5) is 27.9. The average molecular weight is 504 g/mol. The zero-order valence-corrected chi connectivity index (χ0v) is 20.8. The lowest BCUT2D eigenvalue weighted by Crippen LogP contribution is -2.40. The van der Waals surface area contributed by atoms with Gasteiger partial charge in [-0.15, -0.1) is 0 Å². The van der Waals surface area contributed by atoms with Crippen LogP contribution < -0.4 is 14.8 Å². The molecule has 2 amide bonds. The van der Waals surface area contributed by atoms with E-state index in [1.165, 1.54) is 0 Å². The molecule has 8 nitrogen and oxygen atoms in total. The van der Waals surface area contributed by atoms with Crippen LogP contribution in [0.1, 0.15) is 24.5 Å². The minimum atomic E-state index is -0.103. The van der Waals surface area contributed by atoms with Crippen molar-refractivity contribution in [2.75, 3.05) is 32.6 Å². The Kier molecular flexibility index (Phi) is 6.86. The van der Waals surface area contributed by atoms with Crippen molar-refractivity contribution in [3.63, 3.8) is 0 Å². The number of anilines is 1. The van der Waals surface area contributed by atoms with Crippen molar-refractivity contribution in [1.29, 1.82) is 0 Å². The second-order valence-corrected chi connectivity index (χ2v) is 9.01. The van der Waals surface area contributed by atoms with Crippen molar-refractivity contribution in [2.45, 2.75) is 18.8 Å². The first-order chi connectivity index (χ1) is 17.6. The molecular weight excluding hydrogens is 478 g/mol. The van der Waals surface area contributed by atoms with E-state index in [0.717, 1.165) is 46.3 Å². The Balaban J connectivity index is 1.23. The second kappa shape index (κ2) is 10.4. The van der Waals surface area contributed by atoms with Crippen molar-refractivity contribution in [2.24, 2.45) is 0 Å². The van der Waals surface area contributed by atoms with Gasteiger partial charge in [-0.05, 0) is 48.7 Å². The van der Waals surface area contributed by atoms with Crippen LogP contribution in [0.4, 0.5) is 10.5 Å². The van der Waals surface area contributed by atoms with E-state index in [1.54, 1.807) is 32.8 Å². The number of aromatic nitrogens is 3. The Morgan fingerprint density at radius 1 is 0.944 bits per heavy atom. The molecule has 184 valence electrons. The van der Waals surface area contributed by atoms with Crippen LogP contribution in [0.2, 0.25) is 5.15 Å². The number of benzene rings is 2. The van der Waals surface area contributed by atoms with Gasteiger partial charge in [-0.25, -0.2) is 19.7 Å². The summed E-state index contributed by atoms with van der Waals surface area (Å²) in [6, 6.07) is 15.1. The van der Waals surface area contributed by atoms with E-state index >= 15 is 0 Å². The first-order valence-electron chi connectivity index (χ1n) is 11.7. The number of likely N-dealkylation sites (tertiary alicyclic amines) is 1. The maximum Gasteiger partial charge on any atom is 0.321 e.